The molecule has 82 valence electrons. The molecule has 0 radical (unpaired) electrons. The molecule has 1 aromatic carbocycles. The first-order chi connectivity index (χ1) is 7.36. The Kier molecular flexibility index (Phi) is 5.17. The first-order valence-electron chi connectivity index (χ1n) is 6.09. The fourth-order valence-electron chi connectivity index (χ4n) is 1.94. The molecule has 0 aliphatic heterocycles. The van der Waals surface area contributed by atoms with E-state index in [9.17, 15) is 0 Å². The summed E-state index contributed by atoms with van der Waals surface area (Å²) in [4.78, 5) is 0. The zero-order valence-electron chi connectivity index (χ0n) is 10.2. The third kappa shape index (κ3) is 3.54. The second kappa shape index (κ2) is 6.44. The highest BCUT2D eigenvalue weighted by molar-refractivity contribution is 5.32. The van der Waals surface area contributed by atoms with Crippen LogP contribution in [0.25, 0.3) is 0 Å². The van der Waals surface area contributed by atoms with Gasteiger partial charge in [-0.2, -0.15) is 0 Å². The lowest BCUT2D eigenvalue weighted by Gasteiger charge is -2.11. The van der Waals surface area contributed by atoms with Crippen LogP contribution < -0.4 is 0 Å². The molecule has 1 aliphatic rings. The molecule has 0 nitrogen and oxygen atoms in total. The quantitative estimate of drug-likeness (QED) is 0.545. The molecule has 0 unspecified atom stereocenters. The Morgan fingerprint density at radius 2 is 1.47 bits per heavy atom. The van der Waals surface area contributed by atoms with Gasteiger partial charge in [0.1, 0.15) is 0 Å². The van der Waals surface area contributed by atoms with E-state index in [0.29, 0.717) is 0 Å². The molecule has 0 atom stereocenters. The molecule has 2 rings (SSSR count). The second-order valence-corrected chi connectivity index (χ2v) is 3.82. The van der Waals surface area contributed by atoms with Gasteiger partial charge in [-0.05, 0) is 43.7 Å². The minimum atomic E-state index is 1.20. The largest absolute Gasteiger partial charge is 0.0882 e. The highest BCUT2D eigenvalue weighted by Gasteiger charge is 2.03. The SMILES string of the molecule is CC.Cc1ccc2c(c1)CC/C=C\CC2. The van der Waals surface area contributed by atoms with Crippen LogP contribution in [0.3, 0.4) is 0 Å². The molecule has 0 saturated carbocycles. The summed E-state index contributed by atoms with van der Waals surface area (Å²) in [6, 6.07) is 6.86. The van der Waals surface area contributed by atoms with Crippen LogP contribution in [-0.2, 0) is 12.8 Å². The van der Waals surface area contributed by atoms with E-state index in [1.54, 1.807) is 11.1 Å². The van der Waals surface area contributed by atoms with Gasteiger partial charge in [0.2, 0.25) is 0 Å². The molecule has 0 N–H and O–H groups in total. The molecular formula is C15H22. The van der Waals surface area contributed by atoms with Crippen molar-refractivity contribution >= 4 is 0 Å². The maximum Gasteiger partial charge on any atom is -0.0241 e. The Balaban J connectivity index is 0.000000531. The first kappa shape index (κ1) is 12.0. The monoisotopic (exact) mass is 202 g/mol. The summed E-state index contributed by atoms with van der Waals surface area (Å²) in [5, 5.41) is 0. The zero-order chi connectivity index (χ0) is 11.1. The Morgan fingerprint density at radius 3 is 2.13 bits per heavy atom. The fraction of sp³-hybridized carbons (Fsp3) is 0.467. The van der Waals surface area contributed by atoms with Crippen molar-refractivity contribution < 1.29 is 0 Å². The van der Waals surface area contributed by atoms with Crippen molar-refractivity contribution in [2.24, 2.45) is 0 Å². The van der Waals surface area contributed by atoms with Crippen molar-refractivity contribution in [2.45, 2.75) is 46.5 Å². The lowest BCUT2D eigenvalue weighted by Crippen LogP contribution is -1.96. The summed E-state index contributed by atoms with van der Waals surface area (Å²) in [5.74, 6) is 0. The van der Waals surface area contributed by atoms with E-state index < -0.39 is 0 Å². The normalized spacial score (nSPS) is 16.5. The van der Waals surface area contributed by atoms with Crippen LogP contribution in [0.5, 0.6) is 0 Å². The average Bonchev–Trinajstić information content (AvgIpc) is 2.23. The van der Waals surface area contributed by atoms with E-state index in [4.69, 9.17) is 0 Å². The van der Waals surface area contributed by atoms with E-state index in [1.165, 1.54) is 31.2 Å². The summed E-state index contributed by atoms with van der Waals surface area (Å²) < 4.78 is 0. The van der Waals surface area contributed by atoms with Crippen LogP contribution in [0.4, 0.5) is 0 Å². The Bertz CT molecular complexity index is 321. The number of fused-ring (bicyclic) bond motifs is 1. The van der Waals surface area contributed by atoms with Gasteiger partial charge >= 0.3 is 0 Å². The molecule has 0 amide bonds. The smallest absolute Gasteiger partial charge is 0.0241 e. The highest BCUT2D eigenvalue weighted by Crippen LogP contribution is 2.18. The second-order valence-electron chi connectivity index (χ2n) is 3.82. The number of rotatable bonds is 0. The molecule has 1 aliphatic carbocycles. The first-order valence-corrected chi connectivity index (χ1v) is 6.09. The predicted molar refractivity (Wildman–Crippen MR) is 68.3 cm³/mol. The Hall–Kier alpha value is -1.04. The lowest BCUT2D eigenvalue weighted by molar-refractivity contribution is 0.891. The van der Waals surface area contributed by atoms with E-state index in [1.807, 2.05) is 13.8 Å². The third-order valence-electron chi connectivity index (χ3n) is 2.69. The van der Waals surface area contributed by atoms with Crippen molar-refractivity contribution in [3.05, 3.63) is 47.0 Å². The van der Waals surface area contributed by atoms with Crippen LogP contribution >= 0.6 is 0 Å². The van der Waals surface area contributed by atoms with Gasteiger partial charge in [0, 0.05) is 0 Å². The summed E-state index contributed by atoms with van der Waals surface area (Å²) >= 11 is 0. The van der Waals surface area contributed by atoms with Gasteiger partial charge < -0.3 is 0 Å². The van der Waals surface area contributed by atoms with Crippen LogP contribution in [0.1, 0.15) is 43.4 Å². The number of hydrogen-bond acceptors (Lipinski definition) is 0. The van der Waals surface area contributed by atoms with Gasteiger partial charge in [-0.25, -0.2) is 0 Å². The fourth-order valence-corrected chi connectivity index (χ4v) is 1.94. The molecule has 0 heterocycles. The van der Waals surface area contributed by atoms with E-state index in [-0.39, 0.29) is 0 Å². The summed E-state index contributed by atoms with van der Waals surface area (Å²) in [5.41, 5.74) is 4.50. The van der Waals surface area contributed by atoms with Gasteiger partial charge in [0.05, 0.1) is 0 Å². The Morgan fingerprint density at radius 1 is 0.867 bits per heavy atom. The number of benzene rings is 1. The lowest BCUT2D eigenvalue weighted by atomic mass is 9.95. The van der Waals surface area contributed by atoms with Gasteiger partial charge in [-0.3, -0.25) is 0 Å². The van der Waals surface area contributed by atoms with Crippen molar-refractivity contribution in [3.8, 4) is 0 Å². The Labute approximate surface area is 94.0 Å². The molecule has 0 bridgehead atoms. The molecule has 0 spiro atoms. The van der Waals surface area contributed by atoms with Crippen LogP contribution in [0, 0.1) is 6.92 Å². The maximum absolute atomic E-state index is 2.34. The van der Waals surface area contributed by atoms with E-state index in [0.717, 1.165) is 0 Å². The van der Waals surface area contributed by atoms with Gasteiger partial charge in [0.15, 0.2) is 0 Å². The molecular weight excluding hydrogens is 180 g/mol. The minimum Gasteiger partial charge on any atom is -0.0882 e. The standard InChI is InChI=1S/C13H16.C2H6/c1-11-8-9-12-6-4-2-3-5-7-13(12)10-11;1-2/h2-3,8-10H,4-7H2,1H3;1-2H3/b3-2-;. The van der Waals surface area contributed by atoms with Crippen LogP contribution in [0.15, 0.2) is 30.4 Å². The van der Waals surface area contributed by atoms with Gasteiger partial charge in [0.25, 0.3) is 0 Å². The molecule has 0 heteroatoms. The van der Waals surface area contributed by atoms with E-state index in [2.05, 4.69) is 37.3 Å². The predicted octanol–water partition coefficient (Wildman–Crippen LogP) is 4.46. The van der Waals surface area contributed by atoms with Crippen molar-refractivity contribution in [1.82, 2.24) is 0 Å². The molecule has 15 heavy (non-hydrogen) atoms. The topological polar surface area (TPSA) is 0 Å². The molecule has 0 aromatic heterocycles. The van der Waals surface area contributed by atoms with Crippen molar-refractivity contribution in [1.29, 1.82) is 0 Å². The summed E-state index contributed by atoms with van der Waals surface area (Å²) in [7, 11) is 0. The molecule has 1 aromatic rings. The summed E-state index contributed by atoms with van der Waals surface area (Å²) in [6.07, 6.45) is 9.46. The maximum atomic E-state index is 2.34. The zero-order valence-corrected chi connectivity index (χ0v) is 10.2. The molecule has 0 fully saturated rings. The highest BCUT2D eigenvalue weighted by atomic mass is 14.1. The summed E-state index contributed by atoms with van der Waals surface area (Å²) in [6.45, 7) is 6.18. The van der Waals surface area contributed by atoms with Gasteiger partial charge in [-0.15, -0.1) is 0 Å². The van der Waals surface area contributed by atoms with Crippen LogP contribution in [-0.4, -0.2) is 0 Å². The molecule has 0 saturated heterocycles. The average molecular weight is 202 g/mol. The third-order valence-corrected chi connectivity index (χ3v) is 2.69. The number of hydrogen-bond donors (Lipinski definition) is 0. The minimum absolute atomic E-state index is 1.20. The number of aryl methyl sites for hydroxylation is 3. The van der Waals surface area contributed by atoms with Crippen molar-refractivity contribution in [3.63, 3.8) is 0 Å². The van der Waals surface area contributed by atoms with Crippen LogP contribution in [0.2, 0.25) is 0 Å². The van der Waals surface area contributed by atoms with E-state index >= 15 is 0 Å². The van der Waals surface area contributed by atoms with Gasteiger partial charge in [-0.1, -0.05) is 49.8 Å². The number of allylic oxidation sites excluding steroid dienone is 2. The van der Waals surface area contributed by atoms with Crippen molar-refractivity contribution in [2.75, 3.05) is 0 Å².